The molecule has 1 aromatic rings. The second kappa shape index (κ2) is 6.04. The van der Waals surface area contributed by atoms with Gasteiger partial charge in [0.1, 0.15) is 0 Å². The van der Waals surface area contributed by atoms with Crippen molar-refractivity contribution in [2.75, 3.05) is 13.1 Å². The van der Waals surface area contributed by atoms with Crippen LogP contribution < -0.4 is 5.73 Å². The molecule has 0 bridgehead atoms. The first kappa shape index (κ1) is 13.8. The average molecular weight is 332 g/mol. The fourth-order valence-electron chi connectivity index (χ4n) is 2.09. The molecule has 0 aromatic heterocycles. The monoisotopic (exact) mass is 330 g/mol. The highest BCUT2D eigenvalue weighted by atomic mass is 79.9. The van der Waals surface area contributed by atoms with Crippen LogP contribution in [0.1, 0.15) is 18.4 Å². The molecule has 1 amide bonds. The quantitative estimate of drug-likeness (QED) is 0.905. The Balaban J connectivity index is 1.98. The van der Waals surface area contributed by atoms with E-state index in [0.29, 0.717) is 11.4 Å². The fraction of sp³-hybridized carbons (Fsp3) is 0.462. The van der Waals surface area contributed by atoms with Gasteiger partial charge in [0, 0.05) is 28.6 Å². The van der Waals surface area contributed by atoms with Crippen LogP contribution in [0.2, 0.25) is 5.02 Å². The minimum absolute atomic E-state index is 0.157. The van der Waals surface area contributed by atoms with Gasteiger partial charge in [0.25, 0.3) is 0 Å². The number of halogens is 2. The first-order valence-electron chi connectivity index (χ1n) is 6.03. The number of piperidine rings is 1. The summed E-state index contributed by atoms with van der Waals surface area (Å²) in [7, 11) is 0. The minimum Gasteiger partial charge on any atom is -0.342 e. The zero-order chi connectivity index (χ0) is 13.1. The van der Waals surface area contributed by atoms with Crippen LogP contribution in [0.3, 0.4) is 0 Å². The zero-order valence-corrected chi connectivity index (χ0v) is 12.4. The number of likely N-dealkylation sites (tertiary alicyclic amines) is 1. The van der Waals surface area contributed by atoms with E-state index in [1.54, 1.807) is 6.07 Å². The first-order valence-corrected chi connectivity index (χ1v) is 7.20. The van der Waals surface area contributed by atoms with Gasteiger partial charge in [-0.25, -0.2) is 0 Å². The smallest absolute Gasteiger partial charge is 0.227 e. The second-order valence-electron chi connectivity index (χ2n) is 4.63. The predicted molar refractivity (Wildman–Crippen MR) is 76.6 cm³/mol. The van der Waals surface area contributed by atoms with E-state index in [1.165, 1.54) is 0 Å². The van der Waals surface area contributed by atoms with E-state index in [2.05, 4.69) is 15.9 Å². The Morgan fingerprint density at radius 2 is 2.11 bits per heavy atom. The van der Waals surface area contributed by atoms with E-state index in [1.807, 2.05) is 17.0 Å². The Morgan fingerprint density at radius 1 is 1.44 bits per heavy atom. The number of amides is 1. The molecule has 2 rings (SSSR count). The van der Waals surface area contributed by atoms with Crippen molar-refractivity contribution in [2.45, 2.75) is 25.3 Å². The van der Waals surface area contributed by atoms with Gasteiger partial charge in [-0.3, -0.25) is 4.79 Å². The van der Waals surface area contributed by atoms with Gasteiger partial charge in [-0.15, -0.1) is 0 Å². The number of carbonyl (C=O) groups is 1. The first-order chi connectivity index (χ1) is 8.56. The molecule has 1 heterocycles. The van der Waals surface area contributed by atoms with Crippen molar-refractivity contribution in [3.8, 4) is 0 Å². The van der Waals surface area contributed by atoms with Gasteiger partial charge in [0.15, 0.2) is 0 Å². The van der Waals surface area contributed by atoms with Crippen LogP contribution in [0.25, 0.3) is 0 Å². The van der Waals surface area contributed by atoms with Gasteiger partial charge < -0.3 is 10.6 Å². The molecule has 98 valence electrons. The Kier molecular flexibility index (Phi) is 4.65. The van der Waals surface area contributed by atoms with Crippen molar-refractivity contribution in [2.24, 2.45) is 5.73 Å². The molecule has 0 atom stereocenters. The van der Waals surface area contributed by atoms with Crippen LogP contribution in [0.15, 0.2) is 22.7 Å². The highest BCUT2D eigenvalue weighted by Crippen LogP contribution is 2.22. The Hall–Kier alpha value is -0.580. The van der Waals surface area contributed by atoms with E-state index >= 15 is 0 Å². The third kappa shape index (κ3) is 3.46. The van der Waals surface area contributed by atoms with E-state index in [4.69, 9.17) is 17.3 Å². The lowest BCUT2D eigenvalue weighted by Crippen LogP contribution is -2.43. The molecule has 5 heteroatoms. The lowest BCUT2D eigenvalue weighted by atomic mass is 10.0. The predicted octanol–water partition coefficient (Wildman–Crippen LogP) is 2.59. The maximum Gasteiger partial charge on any atom is 0.227 e. The van der Waals surface area contributed by atoms with Crippen molar-refractivity contribution < 1.29 is 4.79 Å². The number of rotatable bonds is 2. The fourth-order valence-corrected chi connectivity index (χ4v) is 2.91. The van der Waals surface area contributed by atoms with Crippen LogP contribution in [0.5, 0.6) is 0 Å². The van der Waals surface area contributed by atoms with Crippen molar-refractivity contribution in [3.05, 3.63) is 33.3 Å². The van der Waals surface area contributed by atoms with Gasteiger partial charge in [0.2, 0.25) is 5.91 Å². The number of carbonyl (C=O) groups excluding carboxylic acids is 1. The van der Waals surface area contributed by atoms with E-state index in [-0.39, 0.29) is 11.9 Å². The summed E-state index contributed by atoms with van der Waals surface area (Å²) in [6.07, 6.45) is 2.20. The van der Waals surface area contributed by atoms with E-state index in [0.717, 1.165) is 36.0 Å². The van der Waals surface area contributed by atoms with Gasteiger partial charge in [0.05, 0.1) is 6.42 Å². The summed E-state index contributed by atoms with van der Waals surface area (Å²) in [6, 6.07) is 5.76. The molecule has 0 saturated carbocycles. The van der Waals surface area contributed by atoms with Crippen molar-refractivity contribution >= 4 is 33.4 Å². The maximum absolute atomic E-state index is 12.1. The molecule has 18 heavy (non-hydrogen) atoms. The normalized spacial score (nSPS) is 16.9. The summed E-state index contributed by atoms with van der Waals surface area (Å²) < 4.78 is 0.886. The summed E-state index contributed by atoms with van der Waals surface area (Å²) >= 11 is 9.31. The molecule has 2 N–H and O–H groups in total. The number of hydrogen-bond donors (Lipinski definition) is 1. The molecule has 1 aliphatic rings. The van der Waals surface area contributed by atoms with Crippen LogP contribution in [-0.2, 0) is 11.2 Å². The third-order valence-corrected chi connectivity index (χ3v) is 4.22. The Bertz CT molecular complexity index is 445. The molecule has 3 nitrogen and oxygen atoms in total. The van der Waals surface area contributed by atoms with E-state index < -0.39 is 0 Å². The largest absolute Gasteiger partial charge is 0.342 e. The molecule has 0 unspecified atom stereocenters. The Morgan fingerprint density at radius 3 is 2.72 bits per heavy atom. The molecule has 0 spiro atoms. The summed E-state index contributed by atoms with van der Waals surface area (Å²) in [5.74, 6) is 0.157. The van der Waals surface area contributed by atoms with Gasteiger partial charge in [-0.1, -0.05) is 33.6 Å². The molecule has 1 fully saturated rings. The van der Waals surface area contributed by atoms with Crippen molar-refractivity contribution in [1.82, 2.24) is 4.90 Å². The summed E-state index contributed by atoms with van der Waals surface area (Å²) in [5, 5.41) is 0.669. The number of nitrogens with two attached hydrogens (primary N) is 1. The summed E-state index contributed by atoms with van der Waals surface area (Å²) in [4.78, 5) is 14.0. The zero-order valence-electron chi connectivity index (χ0n) is 10.0. The summed E-state index contributed by atoms with van der Waals surface area (Å²) in [5.41, 5.74) is 6.80. The molecular weight excluding hydrogens is 316 g/mol. The molecular formula is C13H16BrClN2O. The topological polar surface area (TPSA) is 46.3 Å². The molecule has 1 aliphatic heterocycles. The number of nitrogens with zero attached hydrogens (tertiary/aromatic N) is 1. The number of hydrogen-bond acceptors (Lipinski definition) is 2. The Labute approximate surface area is 120 Å². The lowest BCUT2D eigenvalue weighted by molar-refractivity contribution is -0.131. The summed E-state index contributed by atoms with van der Waals surface area (Å²) in [6.45, 7) is 1.54. The van der Waals surface area contributed by atoms with Crippen molar-refractivity contribution in [1.29, 1.82) is 0 Å². The highest BCUT2D eigenvalue weighted by Gasteiger charge is 2.21. The SMILES string of the molecule is NC1CCN(C(=O)Cc2ccc(Cl)cc2Br)CC1. The second-order valence-corrected chi connectivity index (χ2v) is 5.92. The van der Waals surface area contributed by atoms with Crippen molar-refractivity contribution in [3.63, 3.8) is 0 Å². The molecule has 0 aliphatic carbocycles. The highest BCUT2D eigenvalue weighted by molar-refractivity contribution is 9.10. The van der Waals surface area contributed by atoms with Crippen LogP contribution in [-0.4, -0.2) is 29.9 Å². The standard InChI is InChI=1S/C13H16BrClN2O/c14-12-8-10(15)2-1-9(12)7-13(18)17-5-3-11(16)4-6-17/h1-2,8,11H,3-7,16H2. The molecule has 1 saturated heterocycles. The lowest BCUT2D eigenvalue weighted by Gasteiger charge is -2.30. The minimum atomic E-state index is 0.157. The van der Waals surface area contributed by atoms with Gasteiger partial charge >= 0.3 is 0 Å². The molecule has 0 radical (unpaired) electrons. The maximum atomic E-state index is 12.1. The van der Waals surface area contributed by atoms with E-state index in [9.17, 15) is 4.79 Å². The van der Waals surface area contributed by atoms with Crippen LogP contribution in [0.4, 0.5) is 0 Å². The van der Waals surface area contributed by atoms with Gasteiger partial charge in [-0.2, -0.15) is 0 Å². The van der Waals surface area contributed by atoms with Gasteiger partial charge in [-0.05, 0) is 30.5 Å². The van der Waals surface area contributed by atoms with Crippen LogP contribution in [0, 0.1) is 0 Å². The van der Waals surface area contributed by atoms with Crippen LogP contribution >= 0.6 is 27.5 Å². The average Bonchev–Trinajstić information content (AvgIpc) is 2.33. The third-order valence-electron chi connectivity index (χ3n) is 3.25. The number of benzene rings is 1. The molecule has 1 aromatic carbocycles.